The molecule has 29 heavy (non-hydrogen) atoms. The van der Waals surface area contributed by atoms with Crippen molar-refractivity contribution in [1.29, 1.82) is 0 Å². The molecule has 1 aliphatic heterocycles. The molecule has 144 valence electrons. The van der Waals surface area contributed by atoms with Gasteiger partial charge in [0.2, 0.25) is 0 Å². The van der Waals surface area contributed by atoms with Gasteiger partial charge >= 0.3 is 0 Å². The number of amides is 2. The standard InChI is InChI=1S/C22H16N2O4S/c25-20-18(21(26)24-22(29)23-20)12-17-9-10-19(28-17)15-7-4-8-16(11-15)27-13-14-5-2-1-3-6-14/h1-12H,13H2,(H2,23,24,25,26,29). The molecule has 3 aromatic rings. The second-order valence-electron chi connectivity index (χ2n) is 6.30. The second-order valence-corrected chi connectivity index (χ2v) is 6.71. The lowest BCUT2D eigenvalue weighted by Gasteiger charge is -2.15. The number of thiocarbonyl (C=S) groups is 1. The van der Waals surface area contributed by atoms with Gasteiger partial charge in [-0.05, 0) is 48.1 Å². The van der Waals surface area contributed by atoms with Gasteiger partial charge < -0.3 is 9.15 Å². The maximum absolute atomic E-state index is 11.9. The molecule has 7 heteroatoms. The van der Waals surface area contributed by atoms with Gasteiger partial charge in [0.15, 0.2) is 5.11 Å². The van der Waals surface area contributed by atoms with Gasteiger partial charge in [-0.1, -0.05) is 42.5 Å². The van der Waals surface area contributed by atoms with Crippen molar-refractivity contribution < 1.29 is 18.7 Å². The third-order valence-electron chi connectivity index (χ3n) is 4.22. The Bertz CT molecular complexity index is 1100. The molecule has 2 amide bonds. The van der Waals surface area contributed by atoms with Crippen LogP contribution in [0.25, 0.3) is 17.4 Å². The fraction of sp³-hybridized carbons (Fsp3) is 0.0455. The minimum Gasteiger partial charge on any atom is -0.489 e. The van der Waals surface area contributed by atoms with Crippen molar-refractivity contribution in [2.24, 2.45) is 0 Å². The van der Waals surface area contributed by atoms with Crippen LogP contribution in [0.1, 0.15) is 11.3 Å². The molecule has 6 nitrogen and oxygen atoms in total. The normalized spacial score (nSPS) is 13.7. The summed E-state index contributed by atoms with van der Waals surface area (Å²) in [5.41, 5.74) is 1.83. The number of carbonyl (C=O) groups excluding carboxylic acids is 2. The zero-order valence-corrected chi connectivity index (χ0v) is 16.0. The highest BCUT2D eigenvalue weighted by Gasteiger charge is 2.26. The van der Waals surface area contributed by atoms with Crippen LogP contribution in [0.2, 0.25) is 0 Å². The number of ether oxygens (including phenoxy) is 1. The molecule has 0 spiro atoms. The summed E-state index contributed by atoms with van der Waals surface area (Å²) in [6, 6.07) is 20.9. The largest absolute Gasteiger partial charge is 0.489 e. The second kappa shape index (κ2) is 8.12. The molecule has 0 saturated carbocycles. The first-order chi connectivity index (χ1) is 14.1. The van der Waals surface area contributed by atoms with E-state index in [9.17, 15) is 9.59 Å². The lowest BCUT2D eigenvalue weighted by molar-refractivity contribution is -0.123. The SMILES string of the molecule is O=C1NC(=S)NC(=O)C1=Cc1ccc(-c2cccc(OCc3ccccc3)c2)o1. The van der Waals surface area contributed by atoms with E-state index in [0.717, 1.165) is 11.1 Å². The van der Waals surface area contributed by atoms with Gasteiger partial charge in [-0.2, -0.15) is 0 Å². The Morgan fingerprint density at radius 1 is 0.931 bits per heavy atom. The molecule has 0 radical (unpaired) electrons. The summed E-state index contributed by atoms with van der Waals surface area (Å²) in [6.07, 6.45) is 1.38. The van der Waals surface area contributed by atoms with Gasteiger partial charge in [0.1, 0.15) is 29.4 Å². The number of carbonyl (C=O) groups is 2. The van der Waals surface area contributed by atoms with Crippen molar-refractivity contribution in [1.82, 2.24) is 10.6 Å². The van der Waals surface area contributed by atoms with E-state index in [-0.39, 0.29) is 10.7 Å². The Kier molecular flexibility index (Phi) is 5.22. The van der Waals surface area contributed by atoms with Gasteiger partial charge in [0, 0.05) is 5.56 Å². The number of hydrogen-bond acceptors (Lipinski definition) is 5. The monoisotopic (exact) mass is 404 g/mol. The number of benzene rings is 2. The third-order valence-corrected chi connectivity index (χ3v) is 4.43. The Morgan fingerprint density at radius 2 is 1.69 bits per heavy atom. The molecule has 1 aliphatic rings. The third kappa shape index (κ3) is 4.41. The number of rotatable bonds is 5. The van der Waals surface area contributed by atoms with Gasteiger partial charge in [0.05, 0.1) is 0 Å². The van der Waals surface area contributed by atoms with E-state index < -0.39 is 11.8 Å². The maximum Gasteiger partial charge on any atom is 0.263 e. The summed E-state index contributed by atoms with van der Waals surface area (Å²) in [5.74, 6) is 0.557. The van der Waals surface area contributed by atoms with Crippen molar-refractivity contribution in [3.05, 3.63) is 83.6 Å². The number of nitrogens with one attached hydrogen (secondary N) is 2. The molecule has 1 fully saturated rings. The van der Waals surface area contributed by atoms with Crippen LogP contribution in [0.15, 0.2) is 76.7 Å². The fourth-order valence-electron chi connectivity index (χ4n) is 2.81. The summed E-state index contributed by atoms with van der Waals surface area (Å²) in [7, 11) is 0. The molecule has 2 N–H and O–H groups in total. The fourth-order valence-corrected chi connectivity index (χ4v) is 3.00. The molecular formula is C22H16N2O4S. The van der Waals surface area contributed by atoms with Crippen LogP contribution in [0.3, 0.4) is 0 Å². The van der Waals surface area contributed by atoms with E-state index in [1.54, 1.807) is 12.1 Å². The first-order valence-electron chi connectivity index (χ1n) is 8.84. The van der Waals surface area contributed by atoms with E-state index in [4.69, 9.17) is 21.4 Å². The predicted molar refractivity (Wildman–Crippen MR) is 112 cm³/mol. The van der Waals surface area contributed by atoms with Gasteiger partial charge in [-0.15, -0.1) is 0 Å². The van der Waals surface area contributed by atoms with E-state index in [0.29, 0.717) is 23.9 Å². The average Bonchev–Trinajstić information content (AvgIpc) is 3.19. The smallest absolute Gasteiger partial charge is 0.263 e. The summed E-state index contributed by atoms with van der Waals surface area (Å²) in [4.78, 5) is 23.9. The van der Waals surface area contributed by atoms with Crippen LogP contribution in [-0.2, 0) is 16.2 Å². The molecule has 1 aromatic heterocycles. The van der Waals surface area contributed by atoms with Crippen LogP contribution in [0.5, 0.6) is 5.75 Å². The van der Waals surface area contributed by atoms with Gasteiger partial charge in [0.25, 0.3) is 11.8 Å². The van der Waals surface area contributed by atoms with E-state index in [1.165, 1.54) is 6.08 Å². The summed E-state index contributed by atoms with van der Waals surface area (Å²) in [6.45, 7) is 0.464. The Hall–Kier alpha value is -3.71. The molecule has 0 bridgehead atoms. The molecule has 2 aromatic carbocycles. The lowest BCUT2D eigenvalue weighted by atomic mass is 10.1. The summed E-state index contributed by atoms with van der Waals surface area (Å²) >= 11 is 4.78. The Balaban J connectivity index is 1.51. The maximum atomic E-state index is 11.9. The minimum atomic E-state index is -0.562. The number of furan rings is 1. The summed E-state index contributed by atoms with van der Waals surface area (Å²) in [5, 5.41) is 4.77. The van der Waals surface area contributed by atoms with E-state index in [1.807, 2.05) is 54.6 Å². The van der Waals surface area contributed by atoms with Crippen LogP contribution in [0, 0.1) is 0 Å². The van der Waals surface area contributed by atoms with E-state index >= 15 is 0 Å². The molecule has 0 atom stereocenters. The highest BCUT2D eigenvalue weighted by Crippen LogP contribution is 2.27. The van der Waals surface area contributed by atoms with Crippen molar-refractivity contribution >= 4 is 35.2 Å². The molecule has 1 saturated heterocycles. The quantitative estimate of drug-likeness (QED) is 0.387. The molecule has 4 rings (SSSR count). The number of hydrogen-bond donors (Lipinski definition) is 2. The Morgan fingerprint density at radius 3 is 2.45 bits per heavy atom. The molecule has 2 heterocycles. The zero-order chi connectivity index (χ0) is 20.2. The topological polar surface area (TPSA) is 80.6 Å². The molecular weight excluding hydrogens is 388 g/mol. The van der Waals surface area contributed by atoms with Crippen molar-refractivity contribution in [3.8, 4) is 17.1 Å². The van der Waals surface area contributed by atoms with Crippen LogP contribution in [0.4, 0.5) is 0 Å². The lowest BCUT2D eigenvalue weighted by Crippen LogP contribution is -2.51. The molecule has 0 aliphatic carbocycles. The van der Waals surface area contributed by atoms with E-state index in [2.05, 4.69) is 10.6 Å². The minimum absolute atomic E-state index is 0.00963. The highest BCUT2D eigenvalue weighted by atomic mass is 32.1. The van der Waals surface area contributed by atoms with Crippen molar-refractivity contribution in [2.45, 2.75) is 6.61 Å². The average molecular weight is 404 g/mol. The van der Waals surface area contributed by atoms with Gasteiger partial charge in [-0.3, -0.25) is 20.2 Å². The highest BCUT2D eigenvalue weighted by molar-refractivity contribution is 7.80. The summed E-state index contributed by atoms with van der Waals surface area (Å²) < 4.78 is 11.6. The van der Waals surface area contributed by atoms with Gasteiger partial charge in [-0.25, -0.2) is 0 Å². The van der Waals surface area contributed by atoms with Crippen LogP contribution < -0.4 is 15.4 Å². The first-order valence-corrected chi connectivity index (χ1v) is 9.25. The first kappa shape index (κ1) is 18.6. The van der Waals surface area contributed by atoms with Crippen LogP contribution in [-0.4, -0.2) is 16.9 Å². The molecule has 0 unspecified atom stereocenters. The van der Waals surface area contributed by atoms with Crippen LogP contribution >= 0.6 is 12.2 Å². The van der Waals surface area contributed by atoms with Crippen molar-refractivity contribution in [2.75, 3.05) is 0 Å². The predicted octanol–water partition coefficient (Wildman–Crippen LogP) is 3.44. The van der Waals surface area contributed by atoms with Crippen molar-refractivity contribution in [3.63, 3.8) is 0 Å². The Labute approximate surface area is 172 Å². The zero-order valence-electron chi connectivity index (χ0n) is 15.2.